The minimum Gasteiger partial charge on any atom is -0.378 e. The molecule has 0 aromatic heterocycles. The summed E-state index contributed by atoms with van der Waals surface area (Å²) in [5, 5.41) is 4.38. The molecule has 0 aliphatic carbocycles. The first-order chi connectivity index (χ1) is 16.1. The Balaban J connectivity index is 0. The van der Waals surface area contributed by atoms with Gasteiger partial charge in [-0.05, 0) is 55.5 Å². The Hall–Kier alpha value is -0.520. The molecule has 2 aromatic carbocycles. The van der Waals surface area contributed by atoms with Crippen molar-refractivity contribution in [1.82, 2.24) is 0 Å². The second kappa shape index (κ2) is 14.9. The summed E-state index contributed by atoms with van der Waals surface area (Å²) in [7, 11) is 7.98. The van der Waals surface area contributed by atoms with Crippen molar-refractivity contribution in [3.63, 3.8) is 0 Å². The van der Waals surface area contributed by atoms with E-state index in [0.717, 1.165) is 0 Å². The van der Waals surface area contributed by atoms with Crippen molar-refractivity contribution in [3.8, 4) is 0 Å². The first-order valence-corrected chi connectivity index (χ1v) is 15.9. The number of benzene rings is 2. The van der Waals surface area contributed by atoms with Gasteiger partial charge in [-0.15, -0.1) is 24.8 Å². The maximum Gasteiger partial charge on any atom is 0.0361 e. The Morgan fingerprint density at radius 1 is 0.395 bits per heavy atom. The molecule has 0 amide bonds. The molecule has 0 aliphatic rings. The molecule has 0 aliphatic heterocycles. The smallest absolute Gasteiger partial charge is 0.0361 e. The SMILES string of the molecule is CN(C)c1ccc(P(C(C)(C)C)C(C)(C)C)cc1.CN(C)c1ccc(P(C(C)(C)C)C(C)(C)C)cc1.Cl.Cl. The van der Waals surface area contributed by atoms with Crippen LogP contribution in [0.5, 0.6) is 0 Å². The number of halogens is 2. The zero-order valence-corrected chi connectivity index (χ0v) is 30.6. The highest BCUT2D eigenvalue weighted by molar-refractivity contribution is 7.68. The lowest BCUT2D eigenvalue weighted by Crippen LogP contribution is -2.31. The molecule has 0 spiro atoms. The number of nitrogens with zero attached hydrogens (tertiary/aromatic N) is 2. The van der Waals surface area contributed by atoms with Crippen molar-refractivity contribution in [2.45, 2.75) is 104 Å². The number of rotatable bonds is 4. The topological polar surface area (TPSA) is 6.48 Å². The molecular formula is C32H58Cl2N2P2. The van der Waals surface area contributed by atoms with E-state index >= 15 is 0 Å². The summed E-state index contributed by atoms with van der Waals surface area (Å²) in [6.07, 6.45) is 0. The maximum atomic E-state index is 2.36. The molecular weight excluding hydrogens is 545 g/mol. The average molecular weight is 604 g/mol. The minimum atomic E-state index is -0.188. The monoisotopic (exact) mass is 602 g/mol. The number of anilines is 2. The lowest BCUT2D eigenvalue weighted by Gasteiger charge is -2.42. The summed E-state index contributed by atoms with van der Waals surface area (Å²) in [5.74, 6) is 0. The Morgan fingerprint density at radius 3 is 0.711 bits per heavy atom. The van der Waals surface area contributed by atoms with Crippen LogP contribution in [0.4, 0.5) is 11.4 Å². The van der Waals surface area contributed by atoms with E-state index in [9.17, 15) is 0 Å². The molecule has 0 bridgehead atoms. The summed E-state index contributed by atoms with van der Waals surface area (Å²) in [6, 6.07) is 18.2. The van der Waals surface area contributed by atoms with Crippen LogP contribution in [0.3, 0.4) is 0 Å². The van der Waals surface area contributed by atoms with E-state index in [-0.39, 0.29) is 40.7 Å². The largest absolute Gasteiger partial charge is 0.378 e. The third-order valence-electron chi connectivity index (χ3n) is 5.93. The highest BCUT2D eigenvalue weighted by Crippen LogP contribution is 2.59. The fourth-order valence-electron chi connectivity index (χ4n) is 5.36. The Morgan fingerprint density at radius 2 is 0.579 bits per heavy atom. The van der Waals surface area contributed by atoms with Gasteiger partial charge in [0.1, 0.15) is 0 Å². The first-order valence-electron chi connectivity index (χ1n) is 13.2. The molecule has 0 unspecified atom stereocenters. The summed E-state index contributed by atoms with van der Waals surface area (Å²) >= 11 is 0. The van der Waals surface area contributed by atoms with Gasteiger partial charge in [0.15, 0.2) is 0 Å². The van der Waals surface area contributed by atoms with Gasteiger partial charge in [0.25, 0.3) is 0 Å². The van der Waals surface area contributed by atoms with Gasteiger partial charge >= 0.3 is 0 Å². The van der Waals surface area contributed by atoms with Crippen LogP contribution in [-0.4, -0.2) is 48.8 Å². The highest BCUT2D eigenvalue weighted by Gasteiger charge is 2.36. The maximum absolute atomic E-state index is 2.36. The average Bonchev–Trinajstić information content (AvgIpc) is 2.65. The highest BCUT2D eigenvalue weighted by atomic mass is 35.5. The lowest BCUT2D eigenvalue weighted by atomic mass is 10.2. The molecule has 2 aromatic rings. The van der Waals surface area contributed by atoms with Gasteiger partial charge in [-0.3, -0.25) is 0 Å². The molecule has 2 rings (SSSR count). The van der Waals surface area contributed by atoms with Crippen LogP contribution < -0.4 is 20.4 Å². The van der Waals surface area contributed by atoms with Crippen LogP contribution >= 0.6 is 40.7 Å². The van der Waals surface area contributed by atoms with Gasteiger partial charge in [-0.1, -0.05) is 123 Å². The van der Waals surface area contributed by atoms with Gasteiger partial charge in [-0.25, -0.2) is 0 Å². The van der Waals surface area contributed by atoms with Crippen LogP contribution in [0.1, 0.15) is 83.1 Å². The van der Waals surface area contributed by atoms with E-state index < -0.39 is 0 Å². The summed E-state index contributed by atoms with van der Waals surface area (Å²) in [6.45, 7) is 28.4. The molecule has 0 saturated heterocycles. The van der Waals surface area contributed by atoms with Crippen molar-refractivity contribution in [3.05, 3.63) is 48.5 Å². The first kappa shape index (κ1) is 39.6. The Labute approximate surface area is 252 Å². The molecule has 0 N–H and O–H groups in total. The molecule has 0 saturated carbocycles. The predicted molar refractivity (Wildman–Crippen MR) is 188 cm³/mol. The van der Waals surface area contributed by atoms with Gasteiger partial charge in [-0.2, -0.15) is 0 Å². The van der Waals surface area contributed by atoms with E-state index in [0.29, 0.717) is 20.6 Å². The number of hydrogen-bond acceptors (Lipinski definition) is 2. The second-order valence-corrected chi connectivity index (χ2v) is 21.9. The molecule has 38 heavy (non-hydrogen) atoms. The molecule has 0 fully saturated rings. The molecule has 2 nitrogen and oxygen atoms in total. The number of hydrogen-bond donors (Lipinski definition) is 0. The minimum absolute atomic E-state index is 0. The molecule has 0 radical (unpaired) electrons. The van der Waals surface area contributed by atoms with E-state index in [2.05, 4.69) is 170 Å². The van der Waals surface area contributed by atoms with Crippen LogP contribution in [0.25, 0.3) is 0 Å². The fraction of sp³-hybridized carbons (Fsp3) is 0.625. The van der Waals surface area contributed by atoms with E-state index in [1.807, 2.05) is 0 Å². The Kier molecular flexibility index (Phi) is 15.6. The van der Waals surface area contributed by atoms with Crippen LogP contribution in [0, 0.1) is 0 Å². The van der Waals surface area contributed by atoms with Gasteiger partial charge in [0, 0.05) is 39.6 Å². The normalized spacial score (nSPS) is 12.3. The standard InChI is InChI=1S/2C16H28NP.2ClH/c2*1-15(2,3)18(16(4,5)6)14-11-9-13(10-12-14)17(7)8;;/h2*9-12H,1-8H3;2*1H. The van der Waals surface area contributed by atoms with E-state index in [1.165, 1.54) is 22.0 Å². The van der Waals surface area contributed by atoms with Crippen molar-refractivity contribution in [2.75, 3.05) is 38.0 Å². The van der Waals surface area contributed by atoms with Gasteiger partial charge in [0.05, 0.1) is 0 Å². The van der Waals surface area contributed by atoms with Crippen LogP contribution in [0.2, 0.25) is 0 Å². The van der Waals surface area contributed by atoms with Crippen molar-refractivity contribution in [1.29, 1.82) is 0 Å². The Bertz CT molecular complexity index is 821. The van der Waals surface area contributed by atoms with E-state index in [1.54, 1.807) is 0 Å². The summed E-state index contributed by atoms with van der Waals surface area (Å²) in [4.78, 5) is 4.31. The zero-order valence-electron chi connectivity index (χ0n) is 27.2. The predicted octanol–water partition coefficient (Wildman–Crippen LogP) is 9.76. The molecule has 220 valence electrons. The quantitative estimate of drug-likeness (QED) is 0.321. The summed E-state index contributed by atoms with van der Waals surface area (Å²) < 4.78 is 0. The molecule has 0 atom stereocenters. The second-order valence-electron chi connectivity index (χ2n) is 14.2. The van der Waals surface area contributed by atoms with Crippen molar-refractivity contribution in [2.24, 2.45) is 0 Å². The third-order valence-corrected chi connectivity index (χ3v) is 12.9. The molecule has 6 heteroatoms. The zero-order chi connectivity index (χ0) is 28.3. The van der Waals surface area contributed by atoms with Crippen molar-refractivity contribution >= 4 is 62.6 Å². The van der Waals surface area contributed by atoms with Gasteiger partial charge in [0.2, 0.25) is 0 Å². The summed E-state index contributed by atoms with van der Waals surface area (Å²) in [5.41, 5.74) is 2.55. The van der Waals surface area contributed by atoms with Crippen LogP contribution in [0.15, 0.2) is 48.5 Å². The van der Waals surface area contributed by atoms with Crippen molar-refractivity contribution < 1.29 is 0 Å². The molecule has 0 heterocycles. The fourth-order valence-corrected chi connectivity index (χ4v) is 13.4. The van der Waals surface area contributed by atoms with E-state index in [4.69, 9.17) is 0 Å². The van der Waals surface area contributed by atoms with Crippen LogP contribution in [-0.2, 0) is 0 Å². The lowest BCUT2D eigenvalue weighted by molar-refractivity contribution is 0.714. The third kappa shape index (κ3) is 11.9. The van der Waals surface area contributed by atoms with Gasteiger partial charge < -0.3 is 9.80 Å².